The number of hydrogen-bond acceptors (Lipinski definition) is 3. The van der Waals surface area contributed by atoms with Crippen LogP contribution in [0.2, 0.25) is 0 Å². The van der Waals surface area contributed by atoms with Gasteiger partial charge in [0.2, 0.25) is 0 Å². The highest BCUT2D eigenvalue weighted by Crippen LogP contribution is 2.15. The molecule has 202 valence electrons. The van der Waals surface area contributed by atoms with Crippen LogP contribution in [0.15, 0.2) is 24.3 Å². The first kappa shape index (κ1) is 31.6. The normalized spacial score (nSPS) is 11.7. The molecule has 0 radical (unpaired) electrons. The number of carbonyl (C=O) groups is 1. The molecule has 0 aliphatic heterocycles. The highest BCUT2D eigenvalue weighted by atomic mass is 16.8. The number of quaternary nitrogens is 1. The highest BCUT2D eigenvalue weighted by molar-refractivity contribution is 5.94. The van der Waals surface area contributed by atoms with Crippen LogP contribution in [-0.4, -0.2) is 40.8 Å². The van der Waals surface area contributed by atoms with Gasteiger partial charge < -0.3 is 5.32 Å². The molecular weight excluding hydrogens is 436 g/mol. The summed E-state index contributed by atoms with van der Waals surface area (Å²) in [6.45, 7) is 4.86. The number of benzene rings is 1. The average Bonchev–Trinajstić information content (AvgIpc) is 2.86. The van der Waals surface area contributed by atoms with Crippen molar-refractivity contribution in [3.63, 3.8) is 0 Å². The summed E-state index contributed by atoms with van der Waals surface area (Å²) >= 11 is 0. The van der Waals surface area contributed by atoms with E-state index < -0.39 is 4.81 Å². The second-order valence-corrected chi connectivity index (χ2v) is 10.3. The van der Waals surface area contributed by atoms with Gasteiger partial charge in [-0.3, -0.25) is 4.79 Å². The van der Waals surface area contributed by atoms with E-state index in [1.54, 1.807) is 6.92 Å². The molecule has 0 unspecified atom stereocenters. The van der Waals surface area contributed by atoms with Crippen molar-refractivity contribution in [2.45, 2.75) is 129 Å². The molecule has 1 rings (SSSR count). The molecule has 0 aliphatic carbocycles. The fourth-order valence-electron chi connectivity index (χ4n) is 4.49. The lowest BCUT2D eigenvalue weighted by Crippen LogP contribution is -2.42. The fourth-order valence-corrected chi connectivity index (χ4v) is 4.49. The van der Waals surface area contributed by atoms with Crippen molar-refractivity contribution in [3.05, 3.63) is 35.4 Å². The molecular formula is C30H55N2O3+. The van der Waals surface area contributed by atoms with Crippen molar-refractivity contribution in [2.24, 2.45) is 0 Å². The van der Waals surface area contributed by atoms with Crippen LogP contribution in [-0.2, 0) is 6.42 Å². The van der Waals surface area contributed by atoms with Crippen LogP contribution in [0, 0.1) is 0 Å². The Kier molecular flexibility index (Phi) is 18.7. The van der Waals surface area contributed by atoms with Gasteiger partial charge in [0.1, 0.15) is 13.1 Å². The van der Waals surface area contributed by atoms with E-state index in [9.17, 15) is 15.2 Å². The Balaban J connectivity index is 1.96. The van der Waals surface area contributed by atoms with Gasteiger partial charge in [-0.2, -0.15) is 10.4 Å². The maximum Gasteiger partial charge on any atom is 0.251 e. The first-order valence-electron chi connectivity index (χ1n) is 14.7. The van der Waals surface area contributed by atoms with Gasteiger partial charge in [-0.1, -0.05) is 115 Å². The van der Waals surface area contributed by atoms with E-state index in [2.05, 4.69) is 24.4 Å². The minimum absolute atomic E-state index is 0.107. The summed E-state index contributed by atoms with van der Waals surface area (Å²) in [5.41, 5.74) is 1.95. The second kappa shape index (κ2) is 20.7. The number of unbranched alkanes of at least 4 members (excludes halogenated alkanes) is 15. The van der Waals surface area contributed by atoms with Gasteiger partial charge in [0.25, 0.3) is 5.91 Å². The van der Waals surface area contributed by atoms with Gasteiger partial charge >= 0.3 is 0 Å². The Morgan fingerprint density at radius 2 is 1.14 bits per heavy atom. The number of rotatable bonds is 23. The van der Waals surface area contributed by atoms with E-state index in [0.29, 0.717) is 18.5 Å². The molecule has 5 heteroatoms. The van der Waals surface area contributed by atoms with Crippen molar-refractivity contribution in [1.29, 1.82) is 0 Å². The van der Waals surface area contributed by atoms with Gasteiger partial charge in [-0.15, -0.1) is 0 Å². The molecule has 0 aliphatic rings. The Morgan fingerprint density at radius 3 is 1.60 bits per heavy atom. The third-order valence-corrected chi connectivity index (χ3v) is 7.02. The fraction of sp³-hybridized carbons (Fsp3) is 0.767. The molecule has 0 bridgehead atoms. The molecule has 0 heterocycles. The number of carbonyl (C=O) groups excluding carboxylic acids is 1. The molecule has 0 saturated carbocycles. The number of nitrogens with one attached hydrogen (secondary N) is 1. The zero-order chi connectivity index (χ0) is 25.6. The SMILES string of the molecule is CCCCCCCCCCCCCCCCCCc1ccc(C(=O)NCCC[N+](O)(O)CC)cc1. The first-order chi connectivity index (χ1) is 17.0. The van der Waals surface area contributed by atoms with Gasteiger partial charge in [0.05, 0.1) is 0 Å². The minimum atomic E-state index is -0.996. The number of aryl methyl sites for hydroxylation is 1. The average molecular weight is 492 g/mol. The van der Waals surface area contributed by atoms with Gasteiger partial charge in [0, 0.05) is 18.5 Å². The summed E-state index contributed by atoms with van der Waals surface area (Å²) in [6.07, 6.45) is 23.8. The van der Waals surface area contributed by atoms with Gasteiger partial charge in [0.15, 0.2) is 0 Å². The van der Waals surface area contributed by atoms with Crippen LogP contribution in [0.25, 0.3) is 0 Å². The molecule has 0 fully saturated rings. The lowest BCUT2D eigenvalue weighted by atomic mass is 10.0. The zero-order valence-corrected chi connectivity index (χ0v) is 22.9. The number of nitrogens with zero attached hydrogens (tertiary/aromatic N) is 1. The maximum absolute atomic E-state index is 12.2. The van der Waals surface area contributed by atoms with Crippen LogP contribution in [0.5, 0.6) is 0 Å². The van der Waals surface area contributed by atoms with Crippen molar-refractivity contribution in [3.8, 4) is 0 Å². The van der Waals surface area contributed by atoms with E-state index in [-0.39, 0.29) is 19.0 Å². The zero-order valence-electron chi connectivity index (χ0n) is 22.9. The Labute approximate surface area is 215 Å². The minimum Gasteiger partial charge on any atom is -0.352 e. The molecule has 0 spiro atoms. The third-order valence-electron chi connectivity index (χ3n) is 7.02. The summed E-state index contributed by atoms with van der Waals surface area (Å²) in [4.78, 5) is 11.2. The molecule has 1 aromatic carbocycles. The van der Waals surface area contributed by atoms with Crippen molar-refractivity contribution in [2.75, 3.05) is 19.6 Å². The number of hydrogen-bond donors (Lipinski definition) is 3. The van der Waals surface area contributed by atoms with Gasteiger partial charge in [-0.25, -0.2) is 0 Å². The van der Waals surface area contributed by atoms with Crippen LogP contribution in [0.1, 0.15) is 139 Å². The third kappa shape index (κ3) is 17.6. The number of hydroxylamine groups is 4. The molecule has 1 aromatic rings. The molecule has 0 saturated heterocycles. The van der Waals surface area contributed by atoms with Crippen molar-refractivity contribution in [1.82, 2.24) is 5.32 Å². The molecule has 3 N–H and O–H groups in total. The summed E-state index contributed by atoms with van der Waals surface area (Å²) in [5, 5.41) is 21.9. The molecule has 5 nitrogen and oxygen atoms in total. The van der Waals surface area contributed by atoms with Crippen LogP contribution < -0.4 is 5.32 Å². The number of amides is 1. The summed E-state index contributed by atoms with van der Waals surface area (Å²) in [6, 6.07) is 7.89. The van der Waals surface area contributed by atoms with Gasteiger partial charge in [-0.05, 0) is 42.3 Å². The molecule has 0 aromatic heterocycles. The van der Waals surface area contributed by atoms with Crippen LogP contribution in [0.3, 0.4) is 0 Å². The van der Waals surface area contributed by atoms with Crippen molar-refractivity contribution >= 4 is 5.91 Å². The molecule has 35 heavy (non-hydrogen) atoms. The summed E-state index contributed by atoms with van der Waals surface area (Å²) < 4.78 is 0. The Hall–Kier alpha value is -1.43. The quantitative estimate of drug-likeness (QED) is 0.0820. The van der Waals surface area contributed by atoms with E-state index in [0.717, 1.165) is 6.42 Å². The highest BCUT2D eigenvalue weighted by Gasteiger charge is 2.18. The van der Waals surface area contributed by atoms with E-state index in [1.807, 2.05) is 12.1 Å². The van der Waals surface area contributed by atoms with Crippen LogP contribution in [0.4, 0.5) is 0 Å². The molecule has 1 amide bonds. The van der Waals surface area contributed by atoms with Crippen molar-refractivity contribution < 1.29 is 20.0 Å². The standard InChI is InChI=1S/C30H54N2O3/c1-3-5-6-7-8-9-10-11-12-13-14-15-16-17-18-19-21-28-22-24-29(25-23-28)30(33)31-26-20-27-32(34,35)4-2/h22-25,34-35H,3-21,26-27H2,1-2H3/p+1. The summed E-state index contributed by atoms with van der Waals surface area (Å²) in [7, 11) is 0. The van der Waals surface area contributed by atoms with E-state index in [1.165, 1.54) is 108 Å². The summed E-state index contributed by atoms with van der Waals surface area (Å²) in [5.74, 6) is -0.107. The smallest absolute Gasteiger partial charge is 0.251 e. The predicted octanol–water partition coefficient (Wildman–Crippen LogP) is 8.23. The largest absolute Gasteiger partial charge is 0.352 e. The van der Waals surface area contributed by atoms with E-state index in [4.69, 9.17) is 0 Å². The lowest BCUT2D eigenvalue weighted by Gasteiger charge is -2.19. The Morgan fingerprint density at radius 1 is 0.686 bits per heavy atom. The topological polar surface area (TPSA) is 69.6 Å². The van der Waals surface area contributed by atoms with E-state index >= 15 is 0 Å². The molecule has 0 atom stereocenters. The maximum atomic E-state index is 12.2. The Bertz CT molecular complexity index is 631. The lowest BCUT2D eigenvalue weighted by molar-refractivity contribution is -1.24. The predicted molar refractivity (Wildman–Crippen MR) is 146 cm³/mol. The monoisotopic (exact) mass is 491 g/mol. The second-order valence-electron chi connectivity index (χ2n) is 10.3. The van der Waals surface area contributed by atoms with Crippen LogP contribution >= 0.6 is 0 Å². The first-order valence-corrected chi connectivity index (χ1v) is 14.7.